The molecule has 1 aromatic heterocycles. The summed E-state index contributed by atoms with van der Waals surface area (Å²) in [5.74, 6) is 5.62. The number of pyridine rings is 1. The van der Waals surface area contributed by atoms with Crippen molar-refractivity contribution in [2.24, 2.45) is 5.84 Å². The smallest absolute Gasteiger partial charge is 0.242 e. The highest BCUT2D eigenvalue weighted by molar-refractivity contribution is 7.89. The Labute approximate surface area is 119 Å². The van der Waals surface area contributed by atoms with Crippen LogP contribution in [0.2, 0.25) is 0 Å². The molecule has 0 aliphatic carbocycles. The summed E-state index contributed by atoms with van der Waals surface area (Å²) in [4.78, 5) is 6.32. The monoisotopic (exact) mass is 299 g/mol. The van der Waals surface area contributed by atoms with Crippen molar-refractivity contribution in [3.05, 3.63) is 18.3 Å². The first-order valence-electron chi connectivity index (χ1n) is 6.68. The molecule has 1 saturated heterocycles. The lowest BCUT2D eigenvalue weighted by Gasteiger charge is -2.21. The van der Waals surface area contributed by atoms with Gasteiger partial charge >= 0.3 is 0 Å². The van der Waals surface area contributed by atoms with Crippen molar-refractivity contribution < 1.29 is 8.42 Å². The first kappa shape index (κ1) is 15.2. The van der Waals surface area contributed by atoms with Crippen molar-refractivity contribution >= 4 is 15.8 Å². The third kappa shape index (κ3) is 3.89. The molecular weight excluding hydrogens is 278 g/mol. The average Bonchev–Trinajstić information content (AvgIpc) is 2.91. The van der Waals surface area contributed by atoms with E-state index in [0.717, 1.165) is 19.6 Å². The molecule has 0 bridgehead atoms. The van der Waals surface area contributed by atoms with E-state index < -0.39 is 10.0 Å². The number of nitrogens with zero attached hydrogens (tertiary/aromatic N) is 2. The maximum Gasteiger partial charge on any atom is 0.242 e. The molecule has 7 nitrogen and oxygen atoms in total. The predicted octanol–water partition coefficient (Wildman–Crippen LogP) is 0.130. The quantitative estimate of drug-likeness (QED) is 0.510. The summed E-state index contributed by atoms with van der Waals surface area (Å²) in [5.41, 5.74) is 2.36. The maximum absolute atomic E-state index is 12.2. The van der Waals surface area contributed by atoms with Gasteiger partial charge in [-0.2, -0.15) is 0 Å². The van der Waals surface area contributed by atoms with Crippen LogP contribution in [-0.4, -0.2) is 44.0 Å². The average molecular weight is 299 g/mol. The first-order valence-corrected chi connectivity index (χ1v) is 8.17. The molecule has 2 heterocycles. The molecule has 1 aromatic rings. The van der Waals surface area contributed by atoms with Crippen molar-refractivity contribution in [2.45, 2.75) is 30.7 Å². The highest BCUT2D eigenvalue weighted by Crippen LogP contribution is 2.12. The van der Waals surface area contributed by atoms with E-state index in [1.807, 2.05) is 6.92 Å². The molecule has 0 amide bonds. The van der Waals surface area contributed by atoms with Crippen LogP contribution < -0.4 is 16.0 Å². The van der Waals surface area contributed by atoms with Gasteiger partial charge in [0.1, 0.15) is 10.7 Å². The highest BCUT2D eigenvalue weighted by Gasteiger charge is 2.20. The highest BCUT2D eigenvalue weighted by atomic mass is 32.2. The zero-order chi connectivity index (χ0) is 14.6. The van der Waals surface area contributed by atoms with Crippen LogP contribution in [0.5, 0.6) is 0 Å². The van der Waals surface area contributed by atoms with E-state index in [0.29, 0.717) is 5.82 Å². The number of hydrazine groups is 1. The van der Waals surface area contributed by atoms with Crippen molar-refractivity contribution in [2.75, 3.05) is 25.1 Å². The molecule has 0 radical (unpaired) electrons. The molecule has 1 fully saturated rings. The molecule has 1 unspecified atom stereocenters. The van der Waals surface area contributed by atoms with Crippen molar-refractivity contribution in [3.63, 3.8) is 0 Å². The molecule has 0 aromatic carbocycles. The molecule has 1 atom stereocenters. The number of nitrogens with one attached hydrogen (secondary N) is 2. The van der Waals surface area contributed by atoms with Gasteiger partial charge in [0.25, 0.3) is 0 Å². The van der Waals surface area contributed by atoms with Crippen LogP contribution in [0.4, 0.5) is 5.82 Å². The van der Waals surface area contributed by atoms with Crippen LogP contribution in [0.3, 0.4) is 0 Å². The van der Waals surface area contributed by atoms with E-state index in [9.17, 15) is 8.42 Å². The lowest BCUT2D eigenvalue weighted by Crippen LogP contribution is -2.41. The molecule has 0 spiro atoms. The standard InChI is InChI=1S/C12H21N5O2S/c1-10(9-17-6-2-3-7-17)16-20(18,19)11-4-5-12(15-13)14-8-11/h4-5,8,10,16H,2-3,6-7,9,13H2,1H3,(H,14,15). The molecular formula is C12H21N5O2S. The van der Waals surface area contributed by atoms with Gasteiger partial charge in [0, 0.05) is 18.8 Å². The fourth-order valence-electron chi connectivity index (χ4n) is 2.35. The number of likely N-dealkylation sites (tertiary alicyclic amines) is 1. The molecule has 112 valence electrons. The minimum Gasteiger partial charge on any atom is -0.308 e. The number of nitrogen functional groups attached to an aromatic ring is 1. The van der Waals surface area contributed by atoms with Gasteiger partial charge in [-0.05, 0) is 45.0 Å². The number of hydrogen-bond donors (Lipinski definition) is 3. The number of hydrogen-bond acceptors (Lipinski definition) is 6. The van der Waals surface area contributed by atoms with Crippen LogP contribution in [-0.2, 0) is 10.0 Å². The summed E-state index contributed by atoms with van der Waals surface area (Å²) >= 11 is 0. The summed E-state index contributed by atoms with van der Waals surface area (Å²) in [5, 5.41) is 0. The number of rotatable bonds is 6. The van der Waals surface area contributed by atoms with E-state index >= 15 is 0 Å². The van der Waals surface area contributed by atoms with Crippen LogP contribution in [0, 0.1) is 0 Å². The summed E-state index contributed by atoms with van der Waals surface area (Å²) in [6.45, 7) is 4.70. The largest absolute Gasteiger partial charge is 0.308 e. The Balaban J connectivity index is 1.98. The van der Waals surface area contributed by atoms with E-state index in [4.69, 9.17) is 5.84 Å². The predicted molar refractivity (Wildman–Crippen MR) is 77.5 cm³/mol. The van der Waals surface area contributed by atoms with E-state index in [1.165, 1.54) is 31.2 Å². The SMILES string of the molecule is CC(CN1CCCC1)NS(=O)(=O)c1ccc(NN)nc1. The van der Waals surface area contributed by atoms with Gasteiger partial charge in [-0.1, -0.05) is 0 Å². The van der Waals surface area contributed by atoms with Crippen molar-refractivity contribution in [1.29, 1.82) is 0 Å². The third-order valence-corrected chi connectivity index (χ3v) is 4.86. The van der Waals surface area contributed by atoms with E-state index in [2.05, 4.69) is 20.0 Å². The number of nitrogens with two attached hydrogens (primary N) is 1. The second-order valence-corrected chi connectivity index (χ2v) is 6.77. The molecule has 4 N–H and O–H groups in total. The molecule has 20 heavy (non-hydrogen) atoms. The zero-order valence-corrected chi connectivity index (χ0v) is 12.4. The van der Waals surface area contributed by atoms with Crippen molar-refractivity contribution in [3.8, 4) is 0 Å². The maximum atomic E-state index is 12.2. The summed E-state index contributed by atoms with van der Waals surface area (Å²) in [6.07, 6.45) is 3.67. The number of sulfonamides is 1. The van der Waals surface area contributed by atoms with Gasteiger partial charge in [-0.15, -0.1) is 0 Å². The van der Waals surface area contributed by atoms with Crippen molar-refractivity contribution in [1.82, 2.24) is 14.6 Å². The lowest BCUT2D eigenvalue weighted by atomic mass is 10.3. The Morgan fingerprint density at radius 1 is 1.40 bits per heavy atom. The number of aromatic nitrogens is 1. The van der Waals surface area contributed by atoms with Gasteiger partial charge in [0.15, 0.2) is 0 Å². The summed E-state index contributed by atoms with van der Waals surface area (Å²) < 4.78 is 27.1. The third-order valence-electron chi connectivity index (χ3n) is 3.28. The van der Waals surface area contributed by atoms with Crippen LogP contribution in [0.1, 0.15) is 19.8 Å². The Bertz CT molecular complexity index is 525. The topological polar surface area (TPSA) is 100 Å². The molecule has 1 aliphatic rings. The van der Waals surface area contributed by atoms with Gasteiger partial charge in [-0.25, -0.2) is 24.0 Å². The van der Waals surface area contributed by atoms with Crippen LogP contribution in [0.15, 0.2) is 23.2 Å². The minimum atomic E-state index is -3.53. The lowest BCUT2D eigenvalue weighted by molar-refractivity contribution is 0.313. The fraction of sp³-hybridized carbons (Fsp3) is 0.583. The van der Waals surface area contributed by atoms with Crippen LogP contribution >= 0.6 is 0 Å². The Hall–Kier alpha value is -1.22. The Kier molecular flexibility index (Phi) is 4.92. The second-order valence-electron chi connectivity index (χ2n) is 5.05. The van der Waals surface area contributed by atoms with E-state index in [1.54, 1.807) is 0 Å². The normalized spacial score (nSPS) is 18.1. The number of anilines is 1. The summed E-state index contributed by atoms with van der Waals surface area (Å²) in [6, 6.07) is 2.87. The minimum absolute atomic E-state index is 0.134. The molecule has 8 heteroatoms. The Morgan fingerprint density at radius 3 is 2.65 bits per heavy atom. The van der Waals surface area contributed by atoms with E-state index in [-0.39, 0.29) is 10.9 Å². The fourth-order valence-corrected chi connectivity index (χ4v) is 3.53. The van der Waals surface area contributed by atoms with Gasteiger partial charge in [0.2, 0.25) is 10.0 Å². The van der Waals surface area contributed by atoms with Gasteiger partial charge in [0.05, 0.1) is 0 Å². The van der Waals surface area contributed by atoms with Crippen LogP contribution in [0.25, 0.3) is 0 Å². The molecule has 2 rings (SSSR count). The molecule has 0 saturated carbocycles. The van der Waals surface area contributed by atoms with Gasteiger partial charge < -0.3 is 10.3 Å². The summed E-state index contributed by atoms with van der Waals surface area (Å²) in [7, 11) is -3.53. The molecule has 1 aliphatic heterocycles. The van der Waals surface area contributed by atoms with Gasteiger partial charge in [-0.3, -0.25) is 0 Å². The Morgan fingerprint density at radius 2 is 2.10 bits per heavy atom. The second kappa shape index (κ2) is 6.49. The zero-order valence-electron chi connectivity index (χ0n) is 11.5. The first-order chi connectivity index (χ1) is 9.51.